The van der Waals surface area contributed by atoms with E-state index >= 15 is 0 Å². The van der Waals surface area contributed by atoms with E-state index in [1.807, 2.05) is 0 Å². The van der Waals surface area contributed by atoms with Crippen LogP contribution in [0.3, 0.4) is 0 Å². The van der Waals surface area contributed by atoms with Gasteiger partial charge in [0.2, 0.25) is 0 Å². The Bertz CT molecular complexity index is 415. The predicted molar refractivity (Wildman–Crippen MR) is 45.4 cm³/mol. The van der Waals surface area contributed by atoms with Crippen molar-refractivity contribution in [3.05, 3.63) is 36.9 Å². The molecule has 0 aliphatic heterocycles. The molecular weight excluding hydrogens is 168 g/mol. The third-order valence-corrected chi connectivity index (χ3v) is 1.76. The molecule has 0 N–H and O–H groups in total. The largest absolute Gasteiger partial charge is 0.338 e. The molecule has 5 nitrogen and oxygen atoms in total. The number of imidazole rings is 2. The Hall–Kier alpha value is -1.91. The summed E-state index contributed by atoms with van der Waals surface area (Å²) in [6.07, 6.45) is 7.83. The molecular formula is C8H8N4O. The first-order valence-electron chi connectivity index (χ1n) is 3.81. The van der Waals surface area contributed by atoms with E-state index in [0.717, 1.165) is 0 Å². The molecule has 0 aliphatic carbocycles. The molecule has 0 aromatic carbocycles. The van der Waals surface area contributed by atoms with Crippen LogP contribution in [0.4, 0.5) is 4.79 Å². The molecule has 0 atom stereocenters. The van der Waals surface area contributed by atoms with Gasteiger partial charge in [-0.2, -0.15) is 0 Å². The molecule has 0 aliphatic rings. The van der Waals surface area contributed by atoms with Gasteiger partial charge in [-0.25, -0.2) is 14.8 Å². The lowest BCUT2D eigenvalue weighted by molar-refractivity contribution is 0.243. The molecule has 0 amide bonds. The zero-order chi connectivity index (χ0) is 9.26. The quantitative estimate of drug-likeness (QED) is 0.599. The Labute approximate surface area is 74.7 Å². The number of carbonyl (C=O) groups is 1. The second-order valence-corrected chi connectivity index (χ2v) is 2.60. The fourth-order valence-electron chi connectivity index (χ4n) is 1.08. The molecule has 2 rings (SSSR count). The smallest absolute Gasteiger partial charge is 0.257 e. The standard InChI is InChI=1S/C8H8N4O/c1-7-10-3-5-12(7)8(13)11-4-2-9-6-11/h2-6H,1H3. The summed E-state index contributed by atoms with van der Waals surface area (Å²) >= 11 is 0. The van der Waals surface area contributed by atoms with E-state index < -0.39 is 0 Å². The first-order valence-corrected chi connectivity index (χ1v) is 3.81. The van der Waals surface area contributed by atoms with Crippen molar-refractivity contribution in [2.45, 2.75) is 6.92 Å². The van der Waals surface area contributed by atoms with Crippen LogP contribution in [-0.2, 0) is 0 Å². The number of aryl methyl sites for hydroxylation is 1. The zero-order valence-electron chi connectivity index (χ0n) is 7.08. The highest BCUT2D eigenvalue weighted by Gasteiger charge is 2.07. The van der Waals surface area contributed by atoms with E-state index in [2.05, 4.69) is 9.97 Å². The summed E-state index contributed by atoms with van der Waals surface area (Å²) < 4.78 is 2.86. The zero-order valence-corrected chi connectivity index (χ0v) is 7.08. The van der Waals surface area contributed by atoms with Crippen LogP contribution >= 0.6 is 0 Å². The van der Waals surface area contributed by atoms with Gasteiger partial charge in [0, 0.05) is 24.8 Å². The van der Waals surface area contributed by atoms with Crippen LogP contribution in [0.15, 0.2) is 31.1 Å². The van der Waals surface area contributed by atoms with Crippen molar-refractivity contribution in [1.29, 1.82) is 0 Å². The lowest BCUT2D eigenvalue weighted by atomic mass is 10.7. The molecule has 0 bridgehead atoms. The second-order valence-electron chi connectivity index (χ2n) is 2.60. The maximum atomic E-state index is 11.6. The molecule has 2 aromatic heterocycles. The van der Waals surface area contributed by atoms with Crippen LogP contribution in [0.25, 0.3) is 0 Å². The molecule has 0 spiro atoms. The van der Waals surface area contributed by atoms with E-state index in [4.69, 9.17) is 0 Å². The topological polar surface area (TPSA) is 52.7 Å². The number of hydrogen-bond acceptors (Lipinski definition) is 3. The molecule has 0 fully saturated rings. The predicted octanol–water partition coefficient (Wildman–Crippen LogP) is 0.904. The summed E-state index contributed by atoms with van der Waals surface area (Å²) in [6.45, 7) is 1.77. The minimum atomic E-state index is -0.174. The molecule has 0 saturated carbocycles. The van der Waals surface area contributed by atoms with Gasteiger partial charge in [0.25, 0.3) is 0 Å². The fraction of sp³-hybridized carbons (Fsp3) is 0.125. The van der Waals surface area contributed by atoms with Crippen molar-refractivity contribution in [3.8, 4) is 0 Å². The first kappa shape index (κ1) is 7.72. The Morgan fingerprint density at radius 3 is 2.77 bits per heavy atom. The van der Waals surface area contributed by atoms with Crippen LogP contribution in [0.2, 0.25) is 0 Å². The normalized spacial score (nSPS) is 10.2. The maximum absolute atomic E-state index is 11.6. The Morgan fingerprint density at radius 2 is 2.23 bits per heavy atom. The van der Waals surface area contributed by atoms with Crippen LogP contribution in [-0.4, -0.2) is 25.1 Å². The van der Waals surface area contributed by atoms with Crippen LogP contribution in [0.5, 0.6) is 0 Å². The minimum absolute atomic E-state index is 0.174. The highest BCUT2D eigenvalue weighted by Crippen LogP contribution is 1.97. The number of rotatable bonds is 0. The van der Waals surface area contributed by atoms with E-state index in [1.54, 1.807) is 31.7 Å². The van der Waals surface area contributed by atoms with Crippen molar-refractivity contribution < 1.29 is 4.79 Å². The van der Waals surface area contributed by atoms with Gasteiger partial charge in [-0.3, -0.25) is 9.13 Å². The fourth-order valence-corrected chi connectivity index (χ4v) is 1.08. The first-order chi connectivity index (χ1) is 6.29. The van der Waals surface area contributed by atoms with E-state index in [-0.39, 0.29) is 6.03 Å². The SMILES string of the molecule is Cc1nccn1C(=O)n1ccnc1. The van der Waals surface area contributed by atoms with Crippen molar-refractivity contribution in [3.63, 3.8) is 0 Å². The molecule has 0 saturated heterocycles. The average Bonchev–Trinajstić information content (AvgIpc) is 2.72. The molecule has 0 unspecified atom stereocenters. The summed E-state index contributed by atoms with van der Waals surface area (Å²) in [5.74, 6) is 0.665. The number of carbonyl (C=O) groups excluding carboxylic acids is 1. The number of aromatic nitrogens is 4. The lowest BCUT2D eigenvalue weighted by Gasteiger charge is -2.02. The second kappa shape index (κ2) is 2.85. The number of nitrogens with zero attached hydrogens (tertiary/aromatic N) is 4. The van der Waals surface area contributed by atoms with Gasteiger partial charge in [0.1, 0.15) is 12.2 Å². The minimum Gasteiger partial charge on any atom is -0.257 e. The summed E-state index contributed by atoms with van der Waals surface area (Å²) in [4.78, 5) is 19.4. The van der Waals surface area contributed by atoms with Gasteiger partial charge in [-0.15, -0.1) is 0 Å². The van der Waals surface area contributed by atoms with E-state index in [9.17, 15) is 4.79 Å². The highest BCUT2D eigenvalue weighted by atomic mass is 16.2. The van der Waals surface area contributed by atoms with E-state index in [0.29, 0.717) is 5.82 Å². The van der Waals surface area contributed by atoms with Gasteiger partial charge in [0.15, 0.2) is 0 Å². The lowest BCUT2D eigenvalue weighted by Crippen LogP contribution is -2.18. The third kappa shape index (κ3) is 1.24. The molecule has 2 aromatic rings. The van der Waals surface area contributed by atoms with Gasteiger partial charge in [0.05, 0.1) is 0 Å². The highest BCUT2D eigenvalue weighted by molar-refractivity contribution is 5.79. The maximum Gasteiger partial charge on any atom is 0.338 e. The summed E-state index contributed by atoms with van der Waals surface area (Å²) in [5, 5.41) is 0. The monoisotopic (exact) mass is 176 g/mol. The average molecular weight is 176 g/mol. The summed E-state index contributed by atoms with van der Waals surface area (Å²) in [5.41, 5.74) is 0. The van der Waals surface area contributed by atoms with Gasteiger partial charge in [-0.05, 0) is 6.92 Å². The molecule has 5 heteroatoms. The van der Waals surface area contributed by atoms with E-state index in [1.165, 1.54) is 15.5 Å². The molecule has 13 heavy (non-hydrogen) atoms. The van der Waals surface area contributed by atoms with Gasteiger partial charge in [-0.1, -0.05) is 0 Å². The van der Waals surface area contributed by atoms with Gasteiger partial charge >= 0.3 is 6.03 Å². The Morgan fingerprint density at radius 1 is 1.38 bits per heavy atom. The molecule has 66 valence electrons. The van der Waals surface area contributed by atoms with Crippen LogP contribution in [0.1, 0.15) is 5.82 Å². The Kier molecular flexibility index (Phi) is 1.70. The Balaban J connectivity index is 2.39. The summed E-state index contributed by atoms with van der Waals surface area (Å²) in [6, 6.07) is -0.174. The summed E-state index contributed by atoms with van der Waals surface area (Å²) in [7, 11) is 0. The van der Waals surface area contributed by atoms with Crippen molar-refractivity contribution >= 4 is 6.03 Å². The molecule has 0 radical (unpaired) electrons. The third-order valence-electron chi connectivity index (χ3n) is 1.76. The molecule has 2 heterocycles. The van der Waals surface area contributed by atoms with Crippen molar-refractivity contribution in [2.24, 2.45) is 0 Å². The van der Waals surface area contributed by atoms with Crippen molar-refractivity contribution in [1.82, 2.24) is 19.1 Å². The van der Waals surface area contributed by atoms with Crippen LogP contribution in [0, 0.1) is 6.92 Å². The van der Waals surface area contributed by atoms with Crippen molar-refractivity contribution in [2.75, 3.05) is 0 Å². The van der Waals surface area contributed by atoms with Crippen LogP contribution < -0.4 is 0 Å². The van der Waals surface area contributed by atoms with Gasteiger partial charge < -0.3 is 0 Å². The number of hydrogen-bond donors (Lipinski definition) is 0.